The van der Waals surface area contributed by atoms with Gasteiger partial charge in [-0.3, -0.25) is 0 Å². The number of carbonyl (C=O) groups is 1. The summed E-state index contributed by atoms with van der Waals surface area (Å²) in [4.78, 5) is 14.0. The van der Waals surface area contributed by atoms with Crippen LogP contribution in [0.2, 0.25) is 0 Å². The van der Waals surface area contributed by atoms with E-state index in [0.717, 1.165) is 18.4 Å². The fourth-order valence-corrected chi connectivity index (χ4v) is 2.39. The van der Waals surface area contributed by atoms with Gasteiger partial charge in [-0.1, -0.05) is 12.6 Å². The molecule has 0 unspecified atom stereocenters. The second kappa shape index (κ2) is 7.84. The second-order valence-electron chi connectivity index (χ2n) is 5.82. The van der Waals surface area contributed by atoms with Crippen LogP contribution in [0, 0.1) is 5.92 Å². The summed E-state index contributed by atoms with van der Waals surface area (Å²) in [6.07, 6.45) is 1.71. The second-order valence-corrected chi connectivity index (χ2v) is 5.82. The number of ether oxygens (including phenoxy) is 1. The molecule has 0 bridgehead atoms. The summed E-state index contributed by atoms with van der Waals surface area (Å²) in [6, 6.07) is 7.24. The summed E-state index contributed by atoms with van der Waals surface area (Å²) < 4.78 is 5.57. The summed E-state index contributed by atoms with van der Waals surface area (Å²) in [5, 5.41) is 12.0. The molecule has 2 rings (SSSR count). The van der Waals surface area contributed by atoms with Gasteiger partial charge in [0.25, 0.3) is 0 Å². The van der Waals surface area contributed by atoms with E-state index in [1.54, 1.807) is 11.0 Å². The van der Waals surface area contributed by atoms with E-state index in [9.17, 15) is 4.79 Å². The molecular weight excluding hydrogens is 280 g/mol. The molecule has 22 heavy (non-hydrogen) atoms. The van der Waals surface area contributed by atoms with E-state index >= 15 is 0 Å². The number of rotatable bonds is 5. The number of nitrogens with zero attached hydrogens (tertiary/aromatic N) is 1. The maximum Gasteiger partial charge on any atom is 0.321 e. The van der Waals surface area contributed by atoms with Gasteiger partial charge in [0.1, 0.15) is 12.4 Å². The maximum absolute atomic E-state index is 12.2. The minimum atomic E-state index is -0.103. The van der Waals surface area contributed by atoms with Crippen molar-refractivity contribution in [3.63, 3.8) is 0 Å². The molecule has 5 heteroatoms. The van der Waals surface area contributed by atoms with Gasteiger partial charge in [-0.05, 0) is 43.4 Å². The molecule has 1 heterocycles. The maximum atomic E-state index is 12.2. The predicted molar refractivity (Wildman–Crippen MR) is 87.2 cm³/mol. The number of likely N-dealkylation sites (tertiary alicyclic amines) is 1. The Morgan fingerprint density at radius 3 is 2.82 bits per heavy atom. The van der Waals surface area contributed by atoms with Gasteiger partial charge in [-0.2, -0.15) is 0 Å². The number of nitrogens with one attached hydrogen (secondary N) is 1. The van der Waals surface area contributed by atoms with Gasteiger partial charge < -0.3 is 20.1 Å². The number of aliphatic hydroxyl groups is 1. The SMILES string of the molecule is C=C(C)COc1cccc(NC(=O)N2CCC(CO)CC2)c1. The van der Waals surface area contributed by atoms with Crippen molar-refractivity contribution in [3.8, 4) is 5.75 Å². The number of benzene rings is 1. The molecule has 0 spiro atoms. The number of anilines is 1. The minimum Gasteiger partial charge on any atom is -0.489 e. The first-order valence-electron chi connectivity index (χ1n) is 7.62. The molecule has 120 valence electrons. The van der Waals surface area contributed by atoms with E-state index in [0.29, 0.717) is 37.1 Å². The van der Waals surface area contributed by atoms with Crippen molar-refractivity contribution >= 4 is 11.7 Å². The molecule has 2 amide bonds. The van der Waals surface area contributed by atoms with Gasteiger partial charge in [0, 0.05) is 31.5 Å². The molecule has 1 fully saturated rings. The normalized spacial score (nSPS) is 15.5. The van der Waals surface area contributed by atoms with E-state index in [1.807, 2.05) is 25.1 Å². The number of carbonyl (C=O) groups excluding carboxylic acids is 1. The lowest BCUT2D eigenvalue weighted by molar-refractivity contribution is 0.143. The Labute approximate surface area is 131 Å². The van der Waals surface area contributed by atoms with Crippen molar-refractivity contribution in [1.29, 1.82) is 0 Å². The Morgan fingerprint density at radius 1 is 1.45 bits per heavy atom. The van der Waals surface area contributed by atoms with E-state index < -0.39 is 0 Å². The highest BCUT2D eigenvalue weighted by Gasteiger charge is 2.22. The van der Waals surface area contributed by atoms with Crippen LogP contribution in [-0.2, 0) is 0 Å². The number of urea groups is 1. The first kappa shape index (κ1) is 16.4. The lowest BCUT2D eigenvalue weighted by atomic mass is 9.98. The van der Waals surface area contributed by atoms with Crippen molar-refractivity contribution in [2.75, 3.05) is 31.6 Å². The molecule has 0 atom stereocenters. The van der Waals surface area contributed by atoms with Crippen LogP contribution in [0.1, 0.15) is 19.8 Å². The highest BCUT2D eigenvalue weighted by Crippen LogP contribution is 2.20. The zero-order chi connectivity index (χ0) is 15.9. The molecule has 1 aromatic rings. The molecule has 1 aliphatic rings. The number of hydrogen-bond donors (Lipinski definition) is 2. The smallest absolute Gasteiger partial charge is 0.321 e. The molecule has 0 aliphatic carbocycles. The fraction of sp³-hybridized carbons (Fsp3) is 0.471. The van der Waals surface area contributed by atoms with E-state index in [1.165, 1.54) is 0 Å². The monoisotopic (exact) mass is 304 g/mol. The van der Waals surface area contributed by atoms with Crippen LogP contribution in [0.3, 0.4) is 0 Å². The Balaban J connectivity index is 1.88. The predicted octanol–water partition coefficient (Wildman–Crippen LogP) is 2.88. The zero-order valence-electron chi connectivity index (χ0n) is 13.0. The summed E-state index contributed by atoms with van der Waals surface area (Å²) in [5.41, 5.74) is 1.66. The molecule has 1 aliphatic heterocycles. The van der Waals surface area contributed by atoms with E-state index in [-0.39, 0.29) is 12.6 Å². The highest BCUT2D eigenvalue weighted by molar-refractivity contribution is 5.89. The molecule has 5 nitrogen and oxygen atoms in total. The van der Waals surface area contributed by atoms with Crippen molar-refractivity contribution in [2.45, 2.75) is 19.8 Å². The Bertz CT molecular complexity index is 522. The summed E-state index contributed by atoms with van der Waals surface area (Å²) in [7, 11) is 0. The van der Waals surface area contributed by atoms with Crippen molar-refractivity contribution < 1.29 is 14.6 Å². The van der Waals surface area contributed by atoms with E-state index in [2.05, 4.69) is 11.9 Å². The van der Waals surface area contributed by atoms with Gasteiger partial charge in [0.05, 0.1) is 0 Å². The van der Waals surface area contributed by atoms with Gasteiger partial charge in [-0.15, -0.1) is 0 Å². The van der Waals surface area contributed by atoms with Crippen molar-refractivity contribution in [1.82, 2.24) is 4.90 Å². The van der Waals surface area contributed by atoms with Crippen LogP contribution in [0.5, 0.6) is 5.75 Å². The Kier molecular flexibility index (Phi) is 5.83. The van der Waals surface area contributed by atoms with Gasteiger partial charge in [0.2, 0.25) is 0 Å². The fourth-order valence-electron chi connectivity index (χ4n) is 2.39. The Morgan fingerprint density at radius 2 is 2.18 bits per heavy atom. The molecule has 2 N–H and O–H groups in total. The largest absolute Gasteiger partial charge is 0.489 e. The standard InChI is InChI=1S/C17H24N2O3/c1-13(2)12-22-16-5-3-4-15(10-16)18-17(21)19-8-6-14(11-20)7-9-19/h3-5,10,14,20H,1,6-9,11-12H2,2H3,(H,18,21). The molecule has 1 aromatic carbocycles. The molecule has 0 radical (unpaired) electrons. The van der Waals surface area contributed by atoms with Crippen LogP contribution in [-0.4, -0.2) is 42.3 Å². The first-order chi connectivity index (χ1) is 10.6. The van der Waals surface area contributed by atoms with Crippen LogP contribution >= 0.6 is 0 Å². The average molecular weight is 304 g/mol. The molecule has 0 saturated carbocycles. The highest BCUT2D eigenvalue weighted by atomic mass is 16.5. The molecule has 0 aromatic heterocycles. The summed E-state index contributed by atoms with van der Waals surface area (Å²) in [5.74, 6) is 1.03. The third-order valence-electron chi connectivity index (χ3n) is 3.73. The first-order valence-corrected chi connectivity index (χ1v) is 7.62. The van der Waals surface area contributed by atoms with Gasteiger partial charge >= 0.3 is 6.03 Å². The van der Waals surface area contributed by atoms with Crippen LogP contribution < -0.4 is 10.1 Å². The van der Waals surface area contributed by atoms with E-state index in [4.69, 9.17) is 9.84 Å². The number of piperidine rings is 1. The number of amides is 2. The average Bonchev–Trinajstić information content (AvgIpc) is 2.53. The molecular formula is C17H24N2O3. The zero-order valence-corrected chi connectivity index (χ0v) is 13.0. The van der Waals surface area contributed by atoms with Crippen molar-refractivity contribution in [3.05, 3.63) is 36.4 Å². The summed E-state index contributed by atoms with van der Waals surface area (Å²) in [6.45, 7) is 7.74. The van der Waals surface area contributed by atoms with Crippen LogP contribution in [0.25, 0.3) is 0 Å². The third kappa shape index (κ3) is 4.77. The summed E-state index contributed by atoms with van der Waals surface area (Å²) >= 11 is 0. The minimum absolute atomic E-state index is 0.103. The number of aliphatic hydroxyl groups excluding tert-OH is 1. The topological polar surface area (TPSA) is 61.8 Å². The van der Waals surface area contributed by atoms with Gasteiger partial charge in [0.15, 0.2) is 0 Å². The Hall–Kier alpha value is -2.01. The van der Waals surface area contributed by atoms with Crippen LogP contribution in [0.15, 0.2) is 36.4 Å². The lowest BCUT2D eigenvalue weighted by Gasteiger charge is -2.31. The molecule has 1 saturated heterocycles. The number of hydrogen-bond acceptors (Lipinski definition) is 3. The lowest BCUT2D eigenvalue weighted by Crippen LogP contribution is -2.41. The van der Waals surface area contributed by atoms with Crippen LogP contribution in [0.4, 0.5) is 10.5 Å². The van der Waals surface area contributed by atoms with Gasteiger partial charge in [-0.25, -0.2) is 4.79 Å². The third-order valence-corrected chi connectivity index (χ3v) is 3.73. The quantitative estimate of drug-likeness (QED) is 0.822. The van der Waals surface area contributed by atoms with Crippen molar-refractivity contribution in [2.24, 2.45) is 5.92 Å².